The van der Waals surface area contributed by atoms with Crippen molar-refractivity contribution in [3.63, 3.8) is 0 Å². The SMILES string of the molecule is O=C(COC(=O)c1cc(S(=O)(=O)N2CCCC2)ccc1O)Nc1cccc(I)c1. The molecule has 0 saturated carbocycles. The van der Waals surface area contributed by atoms with Gasteiger partial charge >= 0.3 is 5.97 Å². The van der Waals surface area contributed by atoms with E-state index in [0.29, 0.717) is 18.8 Å². The highest BCUT2D eigenvalue weighted by molar-refractivity contribution is 14.1. The van der Waals surface area contributed by atoms with E-state index < -0.39 is 34.3 Å². The molecule has 154 valence electrons. The number of amides is 1. The topological polar surface area (TPSA) is 113 Å². The minimum absolute atomic E-state index is 0.104. The van der Waals surface area contributed by atoms with E-state index in [4.69, 9.17) is 4.74 Å². The van der Waals surface area contributed by atoms with Crippen LogP contribution in [0.2, 0.25) is 0 Å². The maximum absolute atomic E-state index is 12.6. The normalized spacial score (nSPS) is 14.5. The van der Waals surface area contributed by atoms with Crippen LogP contribution in [0.3, 0.4) is 0 Å². The van der Waals surface area contributed by atoms with E-state index in [1.807, 2.05) is 6.07 Å². The van der Waals surface area contributed by atoms with Crippen LogP contribution in [-0.2, 0) is 19.6 Å². The van der Waals surface area contributed by atoms with Crippen molar-refractivity contribution < 1.29 is 27.9 Å². The molecule has 1 aliphatic rings. The number of carbonyl (C=O) groups is 2. The van der Waals surface area contributed by atoms with Gasteiger partial charge in [0.15, 0.2) is 6.61 Å². The number of benzene rings is 2. The molecule has 0 aliphatic carbocycles. The quantitative estimate of drug-likeness (QED) is 0.439. The molecular formula is C19H19IN2O6S. The fraction of sp³-hybridized carbons (Fsp3) is 0.263. The molecule has 2 aromatic carbocycles. The van der Waals surface area contributed by atoms with E-state index in [1.54, 1.807) is 18.2 Å². The number of ether oxygens (including phenoxy) is 1. The predicted octanol–water partition coefficient (Wildman–Crippen LogP) is 2.58. The predicted molar refractivity (Wildman–Crippen MR) is 114 cm³/mol. The Morgan fingerprint density at radius 1 is 1.14 bits per heavy atom. The summed E-state index contributed by atoms with van der Waals surface area (Å²) >= 11 is 2.10. The Hall–Kier alpha value is -2.18. The van der Waals surface area contributed by atoms with Gasteiger partial charge in [-0.3, -0.25) is 4.79 Å². The van der Waals surface area contributed by atoms with Gasteiger partial charge in [-0.2, -0.15) is 4.31 Å². The Morgan fingerprint density at radius 2 is 1.86 bits per heavy atom. The van der Waals surface area contributed by atoms with Crippen LogP contribution in [0.1, 0.15) is 23.2 Å². The Labute approximate surface area is 182 Å². The molecule has 1 saturated heterocycles. The molecule has 0 unspecified atom stereocenters. The lowest BCUT2D eigenvalue weighted by Crippen LogP contribution is -2.28. The van der Waals surface area contributed by atoms with Crippen molar-refractivity contribution in [3.05, 3.63) is 51.6 Å². The van der Waals surface area contributed by atoms with Crippen LogP contribution in [-0.4, -0.2) is 49.4 Å². The minimum atomic E-state index is -3.75. The third-order valence-electron chi connectivity index (χ3n) is 4.33. The summed E-state index contributed by atoms with van der Waals surface area (Å²) in [5.41, 5.74) is 0.242. The smallest absolute Gasteiger partial charge is 0.342 e. The van der Waals surface area contributed by atoms with Gasteiger partial charge in [0.1, 0.15) is 11.3 Å². The summed E-state index contributed by atoms with van der Waals surface area (Å²) < 4.78 is 32.5. The highest BCUT2D eigenvalue weighted by Crippen LogP contribution is 2.26. The van der Waals surface area contributed by atoms with Crippen molar-refractivity contribution >= 4 is 50.2 Å². The molecule has 8 nitrogen and oxygen atoms in total. The van der Waals surface area contributed by atoms with Crippen LogP contribution in [0, 0.1) is 3.57 Å². The molecule has 29 heavy (non-hydrogen) atoms. The highest BCUT2D eigenvalue weighted by atomic mass is 127. The van der Waals surface area contributed by atoms with Crippen LogP contribution in [0.5, 0.6) is 5.75 Å². The van der Waals surface area contributed by atoms with Crippen molar-refractivity contribution in [2.24, 2.45) is 0 Å². The molecular weight excluding hydrogens is 511 g/mol. The van der Waals surface area contributed by atoms with Gasteiger partial charge < -0.3 is 15.2 Å². The number of aromatic hydroxyl groups is 1. The maximum atomic E-state index is 12.6. The third-order valence-corrected chi connectivity index (χ3v) is 6.90. The van der Waals surface area contributed by atoms with Gasteiger partial charge in [-0.1, -0.05) is 6.07 Å². The van der Waals surface area contributed by atoms with Gasteiger partial charge in [0.25, 0.3) is 5.91 Å². The van der Waals surface area contributed by atoms with Crippen LogP contribution < -0.4 is 5.32 Å². The Balaban J connectivity index is 1.68. The number of phenolic OH excluding ortho intramolecular Hbond substituents is 1. The van der Waals surface area contributed by atoms with Gasteiger partial charge in [0.2, 0.25) is 10.0 Å². The number of carbonyl (C=O) groups excluding carboxylic acids is 2. The van der Waals surface area contributed by atoms with Crippen molar-refractivity contribution in [3.8, 4) is 5.75 Å². The minimum Gasteiger partial charge on any atom is -0.507 e. The zero-order valence-corrected chi connectivity index (χ0v) is 18.3. The van der Waals surface area contributed by atoms with Crippen molar-refractivity contribution in [2.75, 3.05) is 25.0 Å². The summed E-state index contributed by atoms with van der Waals surface area (Å²) in [5.74, 6) is -1.96. The number of halogens is 1. The average molecular weight is 530 g/mol. The van der Waals surface area contributed by atoms with Crippen molar-refractivity contribution in [1.29, 1.82) is 0 Å². The van der Waals surface area contributed by atoms with E-state index >= 15 is 0 Å². The van der Waals surface area contributed by atoms with Gasteiger partial charge in [0, 0.05) is 22.3 Å². The number of nitrogens with zero attached hydrogens (tertiary/aromatic N) is 1. The van der Waals surface area contributed by atoms with E-state index in [9.17, 15) is 23.1 Å². The number of rotatable bonds is 6. The van der Waals surface area contributed by atoms with Crippen LogP contribution in [0.25, 0.3) is 0 Å². The van der Waals surface area contributed by atoms with Gasteiger partial charge in [-0.05, 0) is 71.8 Å². The molecule has 1 heterocycles. The first-order valence-corrected chi connectivity index (χ1v) is 11.3. The van der Waals surface area contributed by atoms with E-state index in [2.05, 4.69) is 27.9 Å². The summed E-state index contributed by atoms with van der Waals surface area (Å²) in [6.45, 7) is 0.260. The number of phenols is 1. The van der Waals surface area contributed by atoms with Gasteiger partial charge in [-0.15, -0.1) is 0 Å². The Morgan fingerprint density at radius 3 is 2.55 bits per heavy atom. The molecule has 0 radical (unpaired) electrons. The van der Waals surface area contributed by atoms with E-state index in [-0.39, 0.29) is 10.5 Å². The fourth-order valence-corrected chi connectivity index (χ4v) is 4.98. The third kappa shape index (κ3) is 5.25. The van der Waals surface area contributed by atoms with Gasteiger partial charge in [-0.25, -0.2) is 13.2 Å². The lowest BCUT2D eigenvalue weighted by Gasteiger charge is -2.16. The van der Waals surface area contributed by atoms with Crippen LogP contribution in [0.4, 0.5) is 5.69 Å². The lowest BCUT2D eigenvalue weighted by atomic mass is 10.2. The fourth-order valence-electron chi connectivity index (χ4n) is 2.89. The first-order chi connectivity index (χ1) is 13.8. The number of sulfonamides is 1. The second-order valence-corrected chi connectivity index (χ2v) is 9.61. The molecule has 1 aliphatic heterocycles. The monoisotopic (exact) mass is 530 g/mol. The maximum Gasteiger partial charge on any atom is 0.342 e. The highest BCUT2D eigenvalue weighted by Gasteiger charge is 2.28. The largest absolute Gasteiger partial charge is 0.507 e. The van der Waals surface area contributed by atoms with Crippen LogP contribution >= 0.6 is 22.6 Å². The lowest BCUT2D eigenvalue weighted by molar-refractivity contribution is -0.119. The summed E-state index contributed by atoms with van der Waals surface area (Å²) in [7, 11) is -3.75. The molecule has 0 spiro atoms. The van der Waals surface area contributed by atoms with Crippen LogP contribution in [0.15, 0.2) is 47.4 Å². The number of hydrogen-bond donors (Lipinski definition) is 2. The summed E-state index contributed by atoms with van der Waals surface area (Å²) in [6, 6.07) is 10.5. The Bertz CT molecular complexity index is 1030. The number of anilines is 1. The molecule has 10 heteroatoms. The molecule has 2 N–H and O–H groups in total. The zero-order valence-electron chi connectivity index (χ0n) is 15.3. The van der Waals surface area contributed by atoms with E-state index in [1.165, 1.54) is 10.4 Å². The second kappa shape index (κ2) is 9.09. The molecule has 1 fully saturated rings. The summed E-state index contributed by atoms with van der Waals surface area (Å²) in [4.78, 5) is 24.2. The standard InChI is InChI=1S/C19H19IN2O6S/c20-13-4-3-5-14(10-13)21-18(24)12-28-19(25)16-11-15(6-7-17(16)23)29(26,27)22-8-1-2-9-22/h3-7,10-11,23H,1-2,8-9,12H2,(H,21,24). The summed E-state index contributed by atoms with van der Waals surface area (Å²) in [6.07, 6.45) is 1.56. The van der Waals surface area contributed by atoms with E-state index in [0.717, 1.165) is 28.5 Å². The number of hydrogen-bond acceptors (Lipinski definition) is 6. The molecule has 0 atom stereocenters. The Kier molecular flexibility index (Phi) is 6.75. The number of esters is 1. The van der Waals surface area contributed by atoms with Crippen molar-refractivity contribution in [2.45, 2.75) is 17.7 Å². The summed E-state index contributed by atoms with van der Waals surface area (Å²) in [5, 5.41) is 12.5. The number of nitrogens with one attached hydrogen (secondary N) is 1. The molecule has 2 aromatic rings. The zero-order chi connectivity index (χ0) is 21.0. The first-order valence-electron chi connectivity index (χ1n) is 8.83. The average Bonchev–Trinajstić information content (AvgIpc) is 3.22. The van der Waals surface area contributed by atoms with Crippen molar-refractivity contribution in [1.82, 2.24) is 4.31 Å². The molecule has 1 amide bonds. The second-order valence-electron chi connectivity index (χ2n) is 6.42. The van der Waals surface area contributed by atoms with Gasteiger partial charge in [0.05, 0.1) is 4.90 Å². The first kappa shape index (κ1) is 21.5. The molecule has 3 rings (SSSR count). The molecule has 0 aromatic heterocycles. The molecule has 0 bridgehead atoms.